The van der Waals surface area contributed by atoms with Crippen LogP contribution in [0.2, 0.25) is 0 Å². The number of imidazole rings is 1. The van der Waals surface area contributed by atoms with Crippen LogP contribution in [0, 0.1) is 6.92 Å². The van der Waals surface area contributed by atoms with Crippen molar-refractivity contribution in [1.29, 1.82) is 0 Å². The van der Waals surface area contributed by atoms with E-state index < -0.39 is 0 Å². The summed E-state index contributed by atoms with van der Waals surface area (Å²) in [6.45, 7) is 3.67. The van der Waals surface area contributed by atoms with E-state index in [1.807, 2.05) is 72.2 Å². The first-order chi connectivity index (χ1) is 17.0. The van der Waals surface area contributed by atoms with Crippen molar-refractivity contribution in [2.24, 2.45) is 0 Å². The Morgan fingerprint density at radius 2 is 1.86 bits per heavy atom. The lowest BCUT2D eigenvalue weighted by molar-refractivity contribution is 0.282. The first-order valence-electron chi connectivity index (χ1n) is 11.6. The van der Waals surface area contributed by atoms with E-state index in [1.54, 1.807) is 12.5 Å². The monoisotopic (exact) mass is 468 g/mol. The fraction of sp³-hybridized carbons (Fsp3) is 0.222. The second-order valence-corrected chi connectivity index (χ2v) is 8.67. The average Bonchev–Trinajstić information content (AvgIpc) is 3.32. The van der Waals surface area contributed by atoms with Gasteiger partial charge in [-0.25, -0.2) is 15.0 Å². The normalized spacial score (nSPS) is 11.3. The van der Waals surface area contributed by atoms with Crippen LogP contribution in [0.4, 0.5) is 11.5 Å². The lowest BCUT2D eigenvalue weighted by Crippen LogP contribution is -2.15. The molecule has 0 radical (unpaired) electrons. The first-order valence-corrected chi connectivity index (χ1v) is 11.6. The smallest absolute Gasteiger partial charge is 0.141 e. The van der Waals surface area contributed by atoms with Crippen molar-refractivity contribution in [2.75, 3.05) is 32.6 Å². The van der Waals surface area contributed by atoms with Crippen molar-refractivity contribution in [3.8, 4) is 17.2 Å². The summed E-state index contributed by atoms with van der Waals surface area (Å²) in [6.07, 6.45) is 8.14. The number of hydrogen-bond donors (Lipinski definition) is 1. The molecule has 0 amide bonds. The Labute approximate surface area is 204 Å². The summed E-state index contributed by atoms with van der Waals surface area (Å²) >= 11 is 0. The van der Waals surface area contributed by atoms with Gasteiger partial charge in [0.2, 0.25) is 0 Å². The van der Waals surface area contributed by atoms with Gasteiger partial charge >= 0.3 is 0 Å². The molecule has 0 fully saturated rings. The van der Waals surface area contributed by atoms with Crippen LogP contribution in [0.5, 0.6) is 17.2 Å². The largest absolute Gasteiger partial charge is 0.494 e. The van der Waals surface area contributed by atoms with Crippen molar-refractivity contribution < 1.29 is 9.47 Å². The average molecular weight is 469 g/mol. The molecule has 35 heavy (non-hydrogen) atoms. The molecular formula is C27H28N6O2. The summed E-state index contributed by atoms with van der Waals surface area (Å²) in [5, 5.41) is 4.33. The molecule has 2 aromatic carbocycles. The van der Waals surface area contributed by atoms with Gasteiger partial charge in [-0.1, -0.05) is 0 Å². The van der Waals surface area contributed by atoms with E-state index in [9.17, 15) is 0 Å². The van der Waals surface area contributed by atoms with Gasteiger partial charge in [0, 0.05) is 42.3 Å². The Hall–Kier alpha value is -4.17. The minimum Gasteiger partial charge on any atom is -0.494 e. The van der Waals surface area contributed by atoms with Crippen LogP contribution < -0.4 is 14.8 Å². The highest BCUT2D eigenvalue weighted by atomic mass is 16.5. The van der Waals surface area contributed by atoms with Crippen molar-refractivity contribution in [2.45, 2.75) is 13.3 Å². The zero-order valence-electron chi connectivity index (χ0n) is 20.1. The number of ether oxygens (including phenoxy) is 2. The molecule has 178 valence electrons. The van der Waals surface area contributed by atoms with E-state index >= 15 is 0 Å². The summed E-state index contributed by atoms with van der Waals surface area (Å²) in [6, 6.07) is 15.7. The molecule has 3 aromatic heterocycles. The predicted octanol–water partition coefficient (Wildman–Crippen LogP) is 5.45. The van der Waals surface area contributed by atoms with E-state index in [4.69, 9.17) is 9.47 Å². The third-order valence-corrected chi connectivity index (χ3v) is 5.66. The second-order valence-electron chi connectivity index (χ2n) is 8.67. The van der Waals surface area contributed by atoms with E-state index in [-0.39, 0.29) is 0 Å². The van der Waals surface area contributed by atoms with Crippen LogP contribution in [0.1, 0.15) is 12.0 Å². The van der Waals surface area contributed by atoms with Gasteiger partial charge in [-0.3, -0.25) is 0 Å². The maximum absolute atomic E-state index is 6.11. The molecule has 5 aromatic rings. The molecule has 0 saturated heterocycles. The molecular weight excluding hydrogens is 440 g/mol. The van der Waals surface area contributed by atoms with Gasteiger partial charge in [-0.2, -0.15) is 0 Å². The number of fused-ring (bicyclic) bond motifs is 2. The van der Waals surface area contributed by atoms with E-state index in [1.165, 1.54) is 0 Å². The Balaban J connectivity index is 1.32. The van der Waals surface area contributed by atoms with Gasteiger partial charge in [-0.05, 0) is 75.5 Å². The Bertz CT molecular complexity index is 1460. The third-order valence-electron chi connectivity index (χ3n) is 5.66. The molecule has 0 aliphatic heterocycles. The fourth-order valence-corrected chi connectivity index (χ4v) is 3.86. The molecule has 8 heteroatoms. The van der Waals surface area contributed by atoms with Gasteiger partial charge in [0.05, 0.1) is 12.1 Å². The Morgan fingerprint density at radius 1 is 0.943 bits per heavy atom. The number of aromatic nitrogens is 4. The van der Waals surface area contributed by atoms with Gasteiger partial charge in [-0.15, -0.1) is 0 Å². The molecule has 0 spiro atoms. The second kappa shape index (κ2) is 9.99. The van der Waals surface area contributed by atoms with E-state index in [0.717, 1.165) is 63.8 Å². The van der Waals surface area contributed by atoms with Crippen molar-refractivity contribution in [3.63, 3.8) is 0 Å². The van der Waals surface area contributed by atoms with E-state index in [2.05, 4.69) is 39.3 Å². The first kappa shape index (κ1) is 22.6. The number of nitrogens with zero attached hydrogens (tertiary/aromatic N) is 5. The molecule has 0 atom stereocenters. The number of aryl methyl sites for hydroxylation is 1. The highest BCUT2D eigenvalue weighted by Crippen LogP contribution is 2.31. The van der Waals surface area contributed by atoms with E-state index in [0.29, 0.717) is 6.61 Å². The fourth-order valence-electron chi connectivity index (χ4n) is 3.86. The maximum atomic E-state index is 6.11. The summed E-state index contributed by atoms with van der Waals surface area (Å²) in [5.41, 5.74) is 3.61. The lowest BCUT2D eigenvalue weighted by Gasteiger charge is -2.13. The highest BCUT2D eigenvalue weighted by Gasteiger charge is 2.09. The third kappa shape index (κ3) is 5.33. The van der Waals surface area contributed by atoms with Gasteiger partial charge < -0.3 is 24.1 Å². The molecule has 0 aliphatic carbocycles. The van der Waals surface area contributed by atoms with Crippen LogP contribution in [0.15, 0.2) is 73.4 Å². The summed E-state index contributed by atoms with van der Waals surface area (Å²) in [4.78, 5) is 15.3. The molecule has 8 nitrogen and oxygen atoms in total. The number of nitrogens with one attached hydrogen (secondary N) is 1. The van der Waals surface area contributed by atoms with Crippen LogP contribution in [-0.2, 0) is 0 Å². The van der Waals surface area contributed by atoms with Crippen LogP contribution >= 0.6 is 0 Å². The summed E-state index contributed by atoms with van der Waals surface area (Å²) in [7, 11) is 4.12. The lowest BCUT2D eigenvalue weighted by atomic mass is 10.2. The SMILES string of the molecule is Cc1cc(Nc2ncnc3ccc(OCCCN(C)C)cc23)ccc1Oc1ccn2ccnc2c1. The van der Waals surface area contributed by atoms with Crippen LogP contribution in [0.25, 0.3) is 16.6 Å². The zero-order chi connectivity index (χ0) is 24.2. The molecule has 0 saturated carbocycles. The number of hydrogen-bond acceptors (Lipinski definition) is 7. The number of benzene rings is 2. The number of anilines is 2. The van der Waals surface area contributed by atoms with Gasteiger partial charge in [0.1, 0.15) is 35.0 Å². The maximum Gasteiger partial charge on any atom is 0.141 e. The number of pyridine rings is 1. The molecule has 1 N–H and O–H groups in total. The standard InChI is InChI=1S/C27H28N6O2/c1-19-15-20(5-8-25(19)35-22-9-12-33-13-10-28-26(33)17-22)31-27-23-16-21(34-14-4-11-32(2)3)6-7-24(23)29-18-30-27/h5-10,12-13,15-18H,4,11,14H2,1-3H3,(H,29,30,31). The molecule has 0 unspecified atom stereocenters. The van der Waals surface area contributed by atoms with Crippen LogP contribution in [0.3, 0.4) is 0 Å². The van der Waals surface area contributed by atoms with Crippen LogP contribution in [-0.4, -0.2) is 51.5 Å². The Morgan fingerprint density at radius 3 is 2.71 bits per heavy atom. The topological polar surface area (TPSA) is 76.8 Å². The molecule has 5 rings (SSSR count). The zero-order valence-corrected chi connectivity index (χ0v) is 20.1. The predicted molar refractivity (Wildman–Crippen MR) is 138 cm³/mol. The molecule has 3 heterocycles. The van der Waals surface area contributed by atoms with Crippen molar-refractivity contribution in [3.05, 3.63) is 79.0 Å². The van der Waals surface area contributed by atoms with Gasteiger partial charge in [0.15, 0.2) is 0 Å². The minimum atomic E-state index is 0.661. The molecule has 0 aliphatic rings. The highest BCUT2D eigenvalue weighted by molar-refractivity contribution is 5.91. The molecule has 0 bridgehead atoms. The summed E-state index contributed by atoms with van der Waals surface area (Å²) in [5.74, 6) is 3.06. The minimum absolute atomic E-state index is 0.661. The summed E-state index contributed by atoms with van der Waals surface area (Å²) < 4.78 is 14.0. The van der Waals surface area contributed by atoms with Crippen molar-refractivity contribution in [1.82, 2.24) is 24.3 Å². The number of rotatable bonds is 9. The van der Waals surface area contributed by atoms with Crippen molar-refractivity contribution >= 4 is 28.1 Å². The Kier molecular flexibility index (Phi) is 6.45. The quantitative estimate of drug-likeness (QED) is 0.288. The van der Waals surface area contributed by atoms with Gasteiger partial charge in [0.25, 0.3) is 0 Å².